The van der Waals surface area contributed by atoms with Crippen LogP contribution >= 0.6 is 0 Å². The van der Waals surface area contributed by atoms with Gasteiger partial charge in [0.05, 0.1) is 0 Å². The largest absolute Gasteiger partial charge is 0.341 e. The van der Waals surface area contributed by atoms with E-state index < -0.39 is 11.6 Å². The lowest BCUT2D eigenvalue weighted by molar-refractivity contribution is 0.399. The molecule has 1 aromatic carbocycles. The lowest BCUT2D eigenvalue weighted by atomic mass is 9.90. The Labute approximate surface area is 129 Å². The van der Waals surface area contributed by atoms with Gasteiger partial charge in [0.15, 0.2) is 11.6 Å². The van der Waals surface area contributed by atoms with E-state index >= 15 is 0 Å². The molecule has 1 aliphatic heterocycles. The summed E-state index contributed by atoms with van der Waals surface area (Å²) in [6, 6.07) is 6.08. The highest BCUT2D eigenvalue weighted by atomic mass is 19.2. The minimum absolute atomic E-state index is 0.492. The van der Waals surface area contributed by atoms with Crippen molar-refractivity contribution in [2.75, 3.05) is 18.0 Å². The quantitative estimate of drug-likeness (QED) is 0.868. The van der Waals surface area contributed by atoms with Gasteiger partial charge in [-0.1, -0.05) is 6.07 Å². The van der Waals surface area contributed by atoms with E-state index in [0.29, 0.717) is 5.92 Å². The van der Waals surface area contributed by atoms with Crippen molar-refractivity contribution >= 4 is 5.95 Å². The lowest BCUT2D eigenvalue weighted by Crippen LogP contribution is -2.35. The third-order valence-electron chi connectivity index (χ3n) is 4.19. The van der Waals surface area contributed by atoms with Gasteiger partial charge in [0.2, 0.25) is 5.95 Å². The van der Waals surface area contributed by atoms with Crippen LogP contribution in [0.4, 0.5) is 14.7 Å². The molecule has 0 spiro atoms. The Hall–Kier alpha value is -2.04. The molecule has 1 fully saturated rings. The van der Waals surface area contributed by atoms with Gasteiger partial charge in [-0.05, 0) is 55.9 Å². The molecule has 0 amide bonds. The highest BCUT2D eigenvalue weighted by Gasteiger charge is 2.21. The summed E-state index contributed by atoms with van der Waals surface area (Å²) in [5, 5.41) is 0. The lowest BCUT2D eigenvalue weighted by Gasteiger charge is -2.32. The van der Waals surface area contributed by atoms with Crippen LogP contribution < -0.4 is 4.90 Å². The molecule has 22 heavy (non-hydrogen) atoms. The monoisotopic (exact) mass is 303 g/mol. The molecule has 2 heterocycles. The number of hydrogen-bond donors (Lipinski definition) is 0. The van der Waals surface area contributed by atoms with Crippen LogP contribution in [0.25, 0.3) is 0 Å². The summed E-state index contributed by atoms with van der Waals surface area (Å²) in [5.74, 6) is -0.268. The van der Waals surface area contributed by atoms with Gasteiger partial charge in [0, 0.05) is 25.0 Å². The third kappa shape index (κ3) is 3.40. The summed E-state index contributed by atoms with van der Waals surface area (Å²) in [5.41, 5.74) is 1.83. The fraction of sp³-hybridized carbons (Fsp3) is 0.412. The summed E-state index contributed by atoms with van der Waals surface area (Å²) in [6.45, 7) is 3.76. The molecular weight excluding hydrogens is 284 g/mol. The number of piperidine rings is 1. The maximum atomic E-state index is 13.3. The van der Waals surface area contributed by atoms with Crippen molar-refractivity contribution in [3.63, 3.8) is 0 Å². The first-order valence-electron chi connectivity index (χ1n) is 7.60. The smallest absolute Gasteiger partial charge is 0.225 e. The van der Waals surface area contributed by atoms with E-state index in [2.05, 4.69) is 14.9 Å². The van der Waals surface area contributed by atoms with Gasteiger partial charge < -0.3 is 4.90 Å². The second kappa shape index (κ2) is 6.38. The van der Waals surface area contributed by atoms with E-state index in [9.17, 15) is 8.78 Å². The molecule has 0 N–H and O–H groups in total. The van der Waals surface area contributed by atoms with Crippen molar-refractivity contribution in [2.45, 2.75) is 26.2 Å². The van der Waals surface area contributed by atoms with E-state index in [1.54, 1.807) is 12.3 Å². The van der Waals surface area contributed by atoms with Crippen LogP contribution in [0.15, 0.2) is 30.5 Å². The van der Waals surface area contributed by atoms with Gasteiger partial charge >= 0.3 is 0 Å². The van der Waals surface area contributed by atoms with Gasteiger partial charge in [-0.2, -0.15) is 0 Å². The highest BCUT2D eigenvalue weighted by molar-refractivity contribution is 5.30. The molecule has 1 saturated heterocycles. The summed E-state index contributed by atoms with van der Waals surface area (Å²) < 4.78 is 26.2. The van der Waals surface area contributed by atoms with Gasteiger partial charge in [-0.25, -0.2) is 18.7 Å². The number of aryl methyl sites for hydroxylation is 1. The van der Waals surface area contributed by atoms with Crippen molar-refractivity contribution in [1.82, 2.24) is 9.97 Å². The molecule has 116 valence electrons. The molecule has 0 radical (unpaired) electrons. The predicted molar refractivity (Wildman–Crippen MR) is 81.8 cm³/mol. The van der Waals surface area contributed by atoms with E-state index in [0.717, 1.165) is 49.6 Å². The molecule has 1 aliphatic rings. The maximum Gasteiger partial charge on any atom is 0.225 e. The number of rotatable bonds is 3. The normalized spacial score (nSPS) is 16.0. The number of benzene rings is 1. The van der Waals surface area contributed by atoms with E-state index in [4.69, 9.17) is 0 Å². The average molecular weight is 303 g/mol. The SMILES string of the molecule is Cc1ccnc(N2CCC(Cc3ccc(F)c(F)c3)CC2)n1. The van der Waals surface area contributed by atoms with Crippen molar-refractivity contribution < 1.29 is 8.78 Å². The van der Waals surface area contributed by atoms with E-state index in [-0.39, 0.29) is 0 Å². The minimum atomic E-state index is -0.782. The maximum absolute atomic E-state index is 13.3. The first-order valence-corrected chi connectivity index (χ1v) is 7.60. The Morgan fingerprint density at radius 3 is 2.59 bits per heavy atom. The topological polar surface area (TPSA) is 29.0 Å². The molecule has 0 aliphatic carbocycles. The van der Waals surface area contributed by atoms with Gasteiger partial charge in [0.25, 0.3) is 0 Å². The molecule has 1 aromatic heterocycles. The van der Waals surface area contributed by atoms with Crippen LogP contribution in [-0.2, 0) is 6.42 Å². The summed E-state index contributed by atoms with van der Waals surface area (Å²) >= 11 is 0. The average Bonchev–Trinajstić information content (AvgIpc) is 2.52. The van der Waals surface area contributed by atoms with Crippen LogP contribution in [-0.4, -0.2) is 23.1 Å². The fourth-order valence-corrected chi connectivity index (χ4v) is 2.93. The van der Waals surface area contributed by atoms with Crippen LogP contribution in [0.5, 0.6) is 0 Å². The second-order valence-corrected chi connectivity index (χ2v) is 5.88. The molecule has 3 nitrogen and oxygen atoms in total. The third-order valence-corrected chi connectivity index (χ3v) is 4.19. The van der Waals surface area contributed by atoms with E-state index in [1.807, 2.05) is 13.0 Å². The molecule has 5 heteroatoms. The molecule has 0 atom stereocenters. The van der Waals surface area contributed by atoms with Crippen molar-refractivity contribution in [3.8, 4) is 0 Å². The van der Waals surface area contributed by atoms with Gasteiger partial charge in [0.1, 0.15) is 0 Å². The number of aromatic nitrogens is 2. The Morgan fingerprint density at radius 1 is 1.14 bits per heavy atom. The number of anilines is 1. The molecule has 2 aromatic rings. The number of nitrogens with zero attached hydrogens (tertiary/aromatic N) is 3. The summed E-state index contributed by atoms with van der Waals surface area (Å²) in [4.78, 5) is 11.0. The first-order chi connectivity index (χ1) is 10.6. The number of hydrogen-bond acceptors (Lipinski definition) is 3. The fourth-order valence-electron chi connectivity index (χ4n) is 2.93. The van der Waals surface area contributed by atoms with E-state index in [1.165, 1.54) is 12.1 Å². The Kier molecular flexibility index (Phi) is 4.32. The van der Waals surface area contributed by atoms with Crippen LogP contribution in [0.2, 0.25) is 0 Å². The van der Waals surface area contributed by atoms with Crippen molar-refractivity contribution in [2.24, 2.45) is 5.92 Å². The molecule has 0 saturated carbocycles. The zero-order valence-corrected chi connectivity index (χ0v) is 12.6. The zero-order valence-electron chi connectivity index (χ0n) is 12.6. The zero-order chi connectivity index (χ0) is 15.5. The molecule has 3 rings (SSSR count). The predicted octanol–water partition coefficient (Wildman–Crippen LogP) is 3.52. The molecular formula is C17H19F2N3. The van der Waals surface area contributed by atoms with Crippen molar-refractivity contribution in [1.29, 1.82) is 0 Å². The van der Waals surface area contributed by atoms with Crippen LogP contribution in [0.3, 0.4) is 0 Å². The first kappa shape index (κ1) is 14.9. The van der Waals surface area contributed by atoms with Crippen LogP contribution in [0, 0.1) is 24.5 Å². The van der Waals surface area contributed by atoms with Gasteiger partial charge in [-0.15, -0.1) is 0 Å². The minimum Gasteiger partial charge on any atom is -0.341 e. The standard InChI is InChI=1S/C17H19F2N3/c1-12-4-7-20-17(21-12)22-8-5-13(6-9-22)10-14-2-3-15(18)16(19)11-14/h2-4,7,11,13H,5-6,8-10H2,1H3. The highest BCUT2D eigenvalue weighted by Crippen LogP contribution is 2.24. The van der Waals surface area contributed by atoms with Gasteiger partial charge in [-0.3, -0.25) is 0 Å². The number of halogens is 2. The Bertz CT molecular complexity index is 652. The Morgan fingerprint density at radius 2 is 1.91 bits per heavy atom. The van der Waals surface area contributed by atoms with Crippen LogP contribution in [0.1, 0.15) is 24.1 Å². The molecule has 0 bridgehead atoms. The van der Waals surface area contributed by atoms with Crippen molar-refractivity contribution in [3.05, 3.63) is 53.4 Å². The Balaban J connectivity index is 1.58. The summed E-state index contributed by atoms with van der Waals surface area (Å²) in [7, 11) is 0. The molecule has 0 unspecified atom stereocenters. The summed E-state index contributed by atoms with van der Waals surface area (Å²) in [6.07, 6.45) is 4.59. The second-order valence-electron chi connectivity index (χ2n) is 5.88.